The molecular weight excluding hydrogens is 280 g/mol. The minimum atomic E-state index is -1.31. The van der Waals surface area contributed by atoms with Gasteiger partial charge in [0, 0.05) is 5.56 Å². The molecule has 2 aliphatic carbocycles. The molecule has 0 fully saturated rings. The molecule has 0 N–H and O–H groups in total. The van der Waals surface area contributed by atoms with Crippen LogP contribution in [0.5, 0.6) is 0 Å². The van der Waals surface area contributed by atoms with Crippen LogP contribution >= 0.6 is 0 Å². The summed E-state index contributed by atoms with van der Waals surface area (Å²) in [5.41, 5.74) is 9.59. The molecule has 0 nitrogen and oxygen atoms in total. The van der Waals surface area contributed by atoms with E-state index in [0.29, 0.717) is 0 Å². The predicted octanol–water partition coefficient (Wildman–Crippen LogP) is 5.69. The standard InChI is InChI=1S/C21H20Si/c1-22(2,3)14-13-17-9-11-18(12-10-17)21-15-19-7-5-4-6-8-20(19)16-21/h4-12,15-16H,1-3H3. The van der Waals surface area contributed by atoms with E-state index < -0.39 is 8.07 Å². The fourth-order valence-electron chi connectivity index (χ4n) is 2.39. The van der Waals surface area contributed by atoms with Gasteiger partial charge >= 0.3 is 0 Å². The van der Waals surface area contributed by atoms with Crippen LogP contribution in [0.2, 0.25) is 19.6 Å². The van der Waals surface area contributed by atoms with Gasteiger partial charge in [0.25, 0.3) is 0 Å². The van der Waals surface area contributed by atoms with Crippen LogP contribution in [0.3, 0.4) is 0 Å². The predicted molar refractivity (Wildman–Crippen MR) is 98.7 cm³/mol. The van der Waals surface area contributed by atoms with Crippen molar-refractivity contribution in [3.63, 3.8) is 0 Å². The summed E-state index contributed by atoms with van der Waals surface area (Å²) in [7, 11) is -1.31. The number of fused-ring (bicyclic) bond motifs is 1. The summed E-state index contributed by atoms with van der Waals surface area (Å²) < 4.78 is 0. The fraction of sp³-hybridized carbons (Fsp3) is 0.143. The summed E-state index contributed by atoms with van der Waals surface area (Å²) >= 11 is 0. The van der Waals surface area contributed by atoms with Crippen molar-refractivity contribution >= 4 is 8.07 Å². The van der Waals surface area contributed by atoms with Crippen LogP contribution in [0.25, 0.3) is 22.3 Å². The van der Waals surface area contributed by atoms with Crippen molar-refractivity contribution in [1.29, 1.82) is 0 Å². The first-order valence-corrected chi connectivity index (χ1v) is 11.1. The van der Waals surface area contributed by atoms with Gasteiger partial charge in [0.1, 0.15) is 8.07 Å². The lowest BCUT2D eigenvalue weighted by Gasteiger charge is -2.03. The molecule has 0 radical (unpaired) electrons. The van der Waals surface area contributed by atoms with Crippen LogP contribution < -0.4 is 0 Å². The Kier molecular flexibility index (Phi) is 3.87. The Morgan fingerprint density at radius 1 is 0.636 bits per heavy atom. The van der Waals surface area contributed by atoms with Crippen LogP contribution in [0.15, 0.2) is 66.7 Å². The Bertz CT molecular complexity index is 780. The van der Waals surface area contributed by atoms with E-state index in [2.05, 4.69) is 97.8 Å². The Morgan fingerprint density at radius 3 is 1.77 bits per heavy atom. The van der Waals surface area contributed by atoms with Crippen molar-refractivity contribution in [3.8, 4) is 33.7 Å². The monoisotopic (exact) mass is 300 g/mol. The third-order valence-corrected chi connectivity index (χ3v) is 4.40. The Morgan fingerprint density at radius 2 is 1.23 bits per heavy atom. The van der Waals surface area contributed by atoms with Gasteiger partial charge in [-0.3, -0.25) is 0 Å². The average Bonchev–Trinajstić information content (AvgIpc) is 2.76. The summed E-state index contributed by atoms with van der Waals surface area (Å²) in [6.45, 7) is 6.80. The summed E-state index contributed by atoms with van der Waals surface area (Å²) in [5, 5.41) is 0. The number of hydrogen-bond donors (Lipinski definition) is 0. The highest BCUT2D eigenvalue weighted by Gasteiger charge is 2.08. The van der Waals surface area contributed by atoms with Gasteiger partial charge in [-0.25, -0.2) is 0 Å². The van der Waals surface area contributed by atoms with E-state index >= 15 is 0 Å². The molecule has 0 bridgehead atoms. The first-order valence-electron chi connectivity index (χ1n) is 7.64. The maximum atomic E-state index is 3.41. The molecule has 0 unspecified atom stereocenters. The van der Waals surface area contributed by atoms with E-state index in [1.54, 1.807) is 0 Å². The van der Waals surface area contributed by atoms with Crippen molar-refractivity contribution in [2.45, 2.75) is 19.6 Å². The summed E-state index contributed by atoms with van der Waals surface area (Å²) in [6.07, 6.45) is 0. The topological polar surface area (TPSA) is 0 Å². The zero-order valence-corrected chi connectivity index (χ0v) is 14.4. The number of hydrogen-bond acceptors (Lipinski definition) is 0. The highest BCUT2D eigenvalue weighted by atomic mass is 28.3. The molecule has 0 atom stereocenters. The third-order valence-electron chi connectivity index (χ3n) is 3.53. The van der Waals surface area contributed by atoms with Gasteiger partial charge in [-0.1, -0.05) is 68.0 Å². The zero-order valence-electron chi connectivity index (χ0n) is 13.4. The molecule has 0 heterocycles. The molecular formula is C21H20Si. The van der Waals surface area contributed by atoms with Gasteiger partial charge in [0.05, 0.1) is 0 Å². The summed E-state index contributed by atoms with van der Waals surface area (Å²) in [5.74, 6) is 3.31. The van der Waals surface area contributed by atoms with Crippen LogP contribution in [0, 0.1) is 11.5 Å². The lowest BCUT2D eigenvalue weighted by Crippen LogP contribution is -2.16. The highest BCUT2D eigenvalue weighted by Crippen LogP contribution is 2.31. The van der Waals surface area contributed by atoms with Gasteiger partial charge in [-0.15, -0.1) is 5.54 Å². The minimum Gasteiger partial charge on any atom is -0.127 e. The largest absolute Gasteiger partial charge is 0.129 e. The molecule has 1 aromatic rings. The molecule has 0 aliphatic heterocycles. The van der Waals surface area contributed by atoms with Crippen molar-refractivity contribution < 1.29 is 0 Å². The molecule has 3 rings (SSSR count). The van der Waals surface area contributed by atoms with Gasteiger partial charge in [-0.05, 0) is 46.5 Å². The fourth-order valence-corrected chi connectivity index (χ4v) is 2.91. The molecule has 0 saturated heterocycles. The molecule has 22 heavy (non-hydrogen) atoms. The average molecular weight is 300 g/mol. The molecule has 0 amide bonds. The first-order chi connectivity index (χ1) is 10.5. The van der Waals surface area contributed by atoms with Crippen molar-refractivity contribution in [2.75, 3.05) is 0 Å². The first kappa shape index (κ1) is 14.6. The van der Waals surface area contributed by atoms with E-state index in [1.165, 1.54) is 22.3 Å². The molecule has 0 spiro atoms. The minimum absolute atomic E-state index is 1.11. The lowest BCUT2D eigenvalue weighted by molar-refractivity contribution is 1.63. The second-order valence-corrected chi connectivity index (χ2v) is 11.4. The van der Waals surface area contributed by atoms with Crippen LogP contribution in [-0.2, 0) is 0 Å². The Balaban J connectivity index is 1.92. The quantitative estimate of drug-likeness (QED) is 0.400. The molecule has 1 heteroatoms. The smallest absolute Gasteiger partial charge is 0.127 e. The number of benzene rings is 1. The molecule has 108 valence electrons. The Hall–Kier alpha value is -2.30. The van der Waals surface area contributed by atoms with Gasteiger partial charge in [0.2, 0.25) is 0 Å². The van der Waals surface area contributed by atoms with E-state index in [0.717, 1.165) is 5.56 Å². The van der Waals surface area contributed by atoms with Crippen LogP contribution in [0.1, 0.15) is 5.56 Å². The molecule has 0 aromatic heterocycles. The van der Waals surface area contributed by atoms with Crippen LogP contribution in [0.4, 0.5) is 0 Å². The van der Waals surface area contributed by atoms with Crippen molar-refractivity contribution in [1.82, 2.24) is 0 Å². The normalized spacial score (nSPS) is 11.0. The molecule has 0 saturated carbocycles. The highest BCUT2D eigenvalue weighted by molar-refractivity contribution is 6.83. The molecule has 1 aromatic carbocycles. The SMILES string of the molecule is C[Si](C)(C)C#Cc1ccc(-c2cc3cccccc-3c2)cc1. The maximum absolute atomic E-state index is 3.41. The van der Waals surface area contributed by atoms with E-state index in [-0.39, 0.29) is 0 Å². The van der Waals surface area contributed by atoms with E-state index in [1.807, 2.05) is 0 Å². The van der Waals surface area contributed by atoms with Gasteiger partial charge in [-0.2, -0.15) is 0 Å². The maximum Gasteiger partial charge on any atom is 0.129 e. The van der Waals surface area contributed by atoms with Crippen molar-refractivity contribution in [3.05, 3.63) is 72.3 Å². The number of rotatable bonds is 1. The second-order valence-electron chi connectivity index (χ2n) is 6.64. The summed E-state index contributed by atoms with van der Waals surface area (Å²) in [4.78, 5) is 0. The Labute approximate surface area is 134 Å². The van der Waals surface area contributed by atoms with Gasteiger partial charge < -0.3 is 0 Å². The molecule has 2 aliphatic rings. The zero-order chi connectivity index (χ0) is 15.6. The second kappa shape index (κ2) is 5.83. The van der Waals surface area contributed by atoms with E-state index in [4.69, 9.17) is 0 Å². The lowest BCUT2D eigenvalue weighted by atomic mass is 10.1. The third kappa shape index (κ3) is 3.47. The van der Waals surface area contributed by atoms with E-state index in [9.17, 15) is 0 Å². The van der Waals surface area contributed by atoms with Gasteiger partial charge in [0.15, 0.2) is 0 Å². The van der Waals surface area contributed by atoms with Crippen molar-refractivity contribution in [2.24, 2.45) is 0 Å². The summed E-state index contributed by atoms with van der Waals surface area (Å²) in [6, 6.07) is 23.6. The van der Waals surface area contributed by atoms with Crippen LogP contribution in [-0.4, -0.2) is 8.07 Å².